The first-order valence-electron chi connectivity index (χ1n) is 5.68. The van der Waals surface area contributed by atoms with Gasteiger partial charge in [-0.2, -0.15) is 0 Å². The van der Waals surface area contributed by atoms with E-state index in [0.717, 1.165) is 18.4 Å². The fourth-order valence-corrected chi connectivity index (χ4v) is 1.92. The lowest BCUT2D eigenvalue weighted by atomic mass is 10.0. The summed E-state index contributed by atoms with van der Waals surface area (Å²) in [6, 6.07) is 11.8. The minimum absolute atomic E-state index is 0.135. The van der Waals surface area contributed by atoms with E-state index in [1.165, 1.54) is 11.1 Å². The monoisotopic (exact) mass is 228 g/mol. The van der Waals surface area contributed by atoms with Crippen LogP contribution in [0.5, 0.6) is 0 Å². The van der Waals surface area contributed by atoms with Crippen LogP contribution in [-0.2, 0) is 12.8 Å². The fourth-order valence-electron chi connectivity index (χ4n) is 1.92. The number of hydrogen-bond acceptors (Lipinski definition) is 2. The maximum absolute atomic E-state index is 11.2. The predicted octanol–water partition coefficient (Wildman–Crippen LogP) is 2.05. The van der Waals surface area contributed by atoms with Gasteiger partial charge >= 0.3 is 0 Å². The van der Waals surface area contributed by atoms with Crippen LogP contribution in [-0.4, -0.2) is 4.98 Å². The summed E-state index contributed by atoms with van der Waals surface area (Å²) in [6.07, 6.45) is 1.75. The number of rotatable bonds is 3. The van der Waals surface area contributed by atoms with Crippen LogP contribution >= 0.6 is 0 Å². The molecule has 0 amide bonds. The molecule has 3 heteroatoms. The molecule has 0 spiro atoms. The van der Waals surface area contributed by atoms with Gasteiger partial charge in [0.15, 0.2) is 0 Å². The molecule has 0 saturated carbocycles. The van der Waals surface area contributed by atoms with Gasteiger partial charge in [0.2, 0.25) is 5.56 Å². The average Bonchev–Trinajstić information content (AvgIpc) is 2.25. The molecule has 1 heterocycles. The van der Waals surface area contributed by atoms with Gasteiger partial charge in [-0.05, 0) is 37.0 Å². The van der Waals surface area contributed by atoms with Gasteiger partial charge in [0.1, 0.15) is 5.82 Å². The van der Waals surface area contributed by atoms with Crippen LogP contribution in [0.4, 0.5) is 5.82 Å². The number of aryl methyl sites for hydroxylation is 3. The molecule has 2 aromatic rings. The Bertz CT molecular complexity index is 572. The molecule has 0 atom stereocenters. The molecule has 0 aliphatic carbocycles. The second kappa shape index (κ2) is 4.87. The van der Waals surface area contributed by atoms with E-state index in [4.69, 9.17) is 5.73 Å². The molecular formula is C14H16N2O. The summed E-state index contributed by atoms with van der Waals surface area (Å²) in [4.78, 5) is 13.8. The molecule has 1 aromatic heterocycles. The Kier molecular flexibility index (Phi) is 3.28. The minimum Gasteiger partial charge on any atom is -0.385 e. The molecule has 0 radical (unpaired) electrons. The highest BCUT2D eigenvalue weighted by atomic mass is 16.1. The summed E-state index contributed by atoms with van der Waals surface area (Å²) in [5.41, 5.74) is 8.98. The van der Waals surface area contributed by atoms with E-state index < -0.39 is 0 Å². The van der Waals surface area contributed by atoms with E-state index in [-0.39, 0.29) is 5.56 Å². The van der Waals surface area contributed by atoms with Crippen LogP contribution in [0.15, 0.2) is 41.2 Å². The highest BCUT2D eigenvalue weighted by Crippen LogP contribution is 2.09. The van der Waals surface area contributed by atoms with E-state index in [0.29, 0.717) is 5.82 Å². The Labute approximate surface area is 100 Å². The molecule has 2 rings (SSSR count). The van der Waals surface area contributed by atoms with Crippen molar-refractivity contribution in [3.05, 3.63) is 63.4 Å². The number of nitrogens with one attached hydrogen (secondary N) is 1. The van der Waals surface area contributed by atoms with Gasteiger partial charge in [-0.15, -0.1) is 0 Å². The predicted molar refractivity (Wildman–Crippen MR) is 70.1 cm³/mol. The van der Waals surface area contributed by atoms with Crippen LogP contribution in [0, 0.1) is 6.92 Å². The number of benzene rings is 1. The number of H-pyrrole nitrogens is 1. The summed E-state index contributed by atoms with van der Waals surface area (Å²) in [7, 11) is 0. The minimum atomic E-state index is -0.135. The molecular weight excluding hydrogens is 212 g/mol. The van der Waals surface area contributed by atoms with Gasteiger partial charge in [0.25, 0.3) is 0 Å². The van der Waals surface area contributed by atoms with E-state index in [2.05, 4.69) is 36.2 Å². The molecule has 0 fully saturated rings. The van der Waals surface area contributed by atoms with Crippen molar-refractivity contribution in [3.63, 3.8) is 0 Å². The zero-order chi connectivity index (χ0) is 12.3. The van der Waals surface area contributed by atoms with E-state index >= 15 is 0 Å². The van der Waals surface area contributed by atoms with Gasteiger partial charge in [0.05, 0.1) is 0 Å². The molecule has 88 valence electrons. The molecule has 0 unspecified atom stereocenters. The second-order valence-corrected chi connectivity index (χ2v) is 4.30. The number of nitrogen functional groups attached to an aromatic ring is 1. The number of aromatic nitrogens is 1. The van der Waals surface area contributed by atoms with Crippen LogP contribution in [0.25, 0.3) is 0 Å². The SMILES string of the molecule is Cc1cccc(CCc2cc(N)[nH]c(=O)c2)c1. The van der Waals surface area contributed by atoms with Crippen molar-refractivity contribution in [2.75, 3.05) is 5.73 Å². The Morgan fingerprint density at radius 1 is 1.12 bits per heavy atom. The average molecular weight is 228 g/mol. The molecule has 3 N–H and O–H groups in total. The maximum Gasteiger partial charge on any atom is 0.249 e. The Morgan fingerprint density at radius 3 is 2.59 bits per heavy atom. The van der Waals surface area contributed by atoms with Crippen LogP contribution in [0.2, 0.25) is 0 Å². The van der Waals surface area contributed by atoms with Gasteiger partial charge in [-0.1, -0.05) is 29.8 Å². The lowest BCUT2D eigenvalue weighted by Crippen LogP contribution is -2.09. The lowest BCUT2D eigenvalue weighted by molar-refractivity contribution is 0.950. The Hall–Kier alpha value is -2.03. The smallest absolute Gasteiger partial charge is 0.249 e. The molecule has 0 aliphatic heterocycles. The van der Waals surface area contributed by atoms with Crippen LogP contribution in [0.1, 0.15) is 16.7 Å². The number of pyridine rings is 1. The molecule has 0 saturated heterocycles. The van der Waals surface area contributed by atoms with E-state index in [9.17, 15) is 4.79 Å². The second-order valence-electron chi connectivity index (χ2n) is 4.30. The number of anilines is 1. The Morgan fingerprint density at radius 2 is 1.88 bits per heavy atom. The molecule has 17 heavy (non-hydrogen) atoms. The van der Waals surface area contributed by atoms with Gasteiger partial charge in [-0.3, -0.25) is 4.79 Å². The summed E-state index contributed by atoms with van der Waals surface area (Å²) >= 11 is 0. The van der Waals surface area contributed by atoms with Crippen molar-refractivity contribution in [2.24, 2.45) is 0 Å². The third-order valence-electron chi connectivity index (χ3n) is 2.71. The largest absolute Gasteiger partial charge is 0.385 e. The summed E-state index contributed by atoms with van der Waals surface area (Å²) < 4.78 is 0. The molecule has 0 aliphatic rings. The third kappa shape index (κ3) is 3.21. The first kappa shape index (κ1) is 11.5. The van der Waals surface area contributed by atoms with E-state index in [1.54, 1.807) is 6.07 Å². The fraction of sp³-hybridized carbons (Fsp3) is 0.214. The quantitative estimate of drug-likeness (QED) is 0.844. The standard InChI is InChI=1S/C14H16N2O/c1-10-3-2-4-11(7-10)5-6-12-8-13(15)16-14(17)9-12/h2-4,7-9H,5-6H2,1H3,(H3,15,16,17). The lowest BCUT2D eigenvalue weighted by Gasteiger charge is -2.03. The Balaban J connectivity index is 2.09. The molecule has 1 aromatic carbocycles. The topological polar surface area (TPSA) is 58.9 Å². The zero-order valence-corrected chi connectivity index (χ0v) is 9.86. The van der Waals surface area contributed by atoms with Crippen molar-refractivity contribution in [1.82, 2.24) is 4.98 Å². The van der Waals surface area contributed by atoms with Crippen molar-refractivity contribution in [3.8, 4) is 0 Å². The highest BCUT2D eigenvalue weighted by molar-refractivity contribution is 5.32. The third-order valence-corrected chi connectivity index (χ3v) is 2.71. The van der Waals surface area contributed by atoms with Crippen LogP contribution in [0.3, 0.4) is 0 Å². The number of hydrogen-bond donors (Lipinski definition) is 2. The first-order valence-corrected chi connectivity index (χ1v) is 5.68. The summed E-state index contributed by atoms with van der Waals surface area (Å²) in [5.74, 6) is 0.428. The number of nitrogens with two attached hydrogens (primary N) is 1. The van der Waals surface area contributed by atoms with Gasteiger partial charge in [-0.25, -0.2) is 0 Å². The molecule has 3 nitrogen and oxygen atoms in total. The van der Waals surface area contributed by atoms with Crippen molar-refractivity contribution < 1.29 is 0 Å². The van der Waals surface area contributed by atoms with Crippen molar-refractivity contribution >= 4 is 5.82 Å². The van der Waals surface area contributed by atoms with Crippen LogP contribution < -0.4 is 11.3 Å². The normalized spacial score (nSPS) is 10.4. The summed E-state index contributed by atoms with van der Waals surface area (Å²) in [6.45, 7) is 2.08. The summed E-state index contributed by atoms with van der Waals surface area (Å²) in [5, 5.41) is 0. The van der Waals surface area contributed by atoms with Crippen molar-refractivity contribution in [2.45, 2.75) is 19.8 Å². The highest BCUT2D eigenvalue weighted by Gasteiger charge is 1.99. The first-order chi connectivity index (χ1) is 8.13. The molecule has 0 bridgehead atoms. The number of aromatic amines is 1. The van der Waals surface area contributed by atoms with Gasteiger partial charge in [0, 0.05) is 6.07 Å². The van der Waals surface area contributed by atoms with Crippen molar-refractivity contribution in [1.29, 1.82) is 0 Å². The van der Waals surface area contributed by atoms with E-state index in [1.807, 2.05) is 6.07 Å². The zero-order valence-electron chi connectivity index (χ0n) is 9.86. The maximum atomic E-state index is 11.2. The van der Waals surface area contributed by atoms with Gasteiger partial charge < -0.3 is 10.7 Å².